The zero-order chi connectivity index (χ0) is 24.4. The Balaban J connectivity index is 1.28. The molecule has 8 nitrogen and oxygen atoms in total. The molecule has 2 amide bonds. The molecule has 9 heteroatoms. The lowest BCUT2D eigenvalue weighted by molar-refractivity contribution is -0.116. The number of halogens is 1. The van der Waals surface area contributed by atoms with E-state index in [1.807, 2.05) is 37.4 Å². The van der Waals surface area contributed by atoms with Gasteiger partial charge >= 0.3 is 0 Å². The maximum Gasteiger partial charge on any atom is 0.253 e. The van der Waals surface area contributed by atoms with E-state index >= 15 is 0 Å². The number of nitrogens with zero attached hydrogens (tertiary/aromatic N) is 3. The third kappa shape index (κ3) is 5.39. The number of anilines is 2. The van der Waals surface area contributed by atoms with E-state index in [0.29, 0.717) is 41.1 Å². The molecule has 35 heavy (non-hydrogen) atoms. The third-order valence-corrected chi connectivity index (χ3v) is 6.88. The van der Waals surface area contributed by atoms with Crippen molar-refractivity contribution in [1.82, 2.24) is 4.90 Å². The Morgan fingerprint density at radius 2 is 1.97 bits per heavy atom. The van der Waals surface area contributed by atoms with Crippen molar-refractivity contribution in [3.63, 3.8) is 0 Å². The number of carbonyl (C=O) groups is 2. The van der Waals surface area contributed by atoms with Gasteiger partial charge in [0.2, 0.25) is 11.9 Å². The molecule has 0 aromatic heterocycles. The van der Waals surface area contributed by atoms with Crippen LogP contribution < -0.4 is 10.6 Å². The summed E-state index contributed by atoms with van der Waals surface area (Å²) in [4.78, 5) is 36.3. The van der Waals surface area contributed by atoms with Gasteiger partial charge in [-0.15, -0.1) is 0 Å². The van der Waals surface area contributed by atoms with Crippen LogP contribution in [0.4, 0.5) is 11.4 Å². The number of rotatable bonds is 4. The van der Waals surface area contributed by atoms with E-state index in [0.717, 1.165) is 49.6 Å². The summed E-state index contributed by atoms with van der Waals surface area (Å²) < 4.78 is 5.41. The quantitative estimate of drug-likeness (QED) is 0.671. The van der Waals surface area contributed by atoms with Crippen molar-refractivity contribution >= 4 is 46.5 Å². The molecule has 2 N–H and O–H groups in total. The summed E-state index contributed by atoms with van der Waals surface area (Å²) in [5.41, 5.74) is 3.76. The number of hydrogen-bond donors (Lipinski definition) is 2. The lowest BCUT2D eigenvalue weighted by Gasteiger charge is -2.27. The monoisotopic (exact) mass is 493 g/mol. The molecule has 3 heterocycles. The minimum Gasteiger partial charge on any atom is -0.381 e. The Morgan fingerprint density at radius 1 is 1.20 bits per heavy atom. The Bertz CT molecular complexity index is 1190. The summed E-state index contributed by atoms with van der Waals surface area (Å²) in [6.07, 6.45) is 2.31. The van der Waals surface area contributed by atoms with E-state index in [9.17, 15) is 9.59 Å². The number of fused-ring (bicyclic) bond motifs is 3. The van der Waals surface area contributed by atoms with Gasteiger partial charge in [-0.25, -0.2) is 4.99 Å². The summed E-state index contributed by atoms with van der Waals surface area (Å²) >= 11 is 6.13. The standard InChI is InChI=1S/C26H28ClN5O3/c1-32(15-16-8-10-35-11-9-16)25(34)17-2-5-20(6-3-17)29-26-28-14-18-12-23(33)30-22-13-19(27)4-7-21(22)24(18)31-26/h2-7,13,16,18H,8-12,14-15H2,1H3,(H,28,29)(H,30,33). The summed E-state index contributed by atoms with van der Waals surface area (Å²) in [5, 5.41) is 6.71. The predicted octanol–water partition coefficient (Wildman–Crippen LogP) is 4.07. The smallest absolute Gasteiger partial charge is 0.253 e. The van der Waals surface area contributed by atoms with E-state index in [4.69, 9.17) is 21.3 Å². The molecule has 1 unspecified atom stereocenters. The predicted molar refractivity (Wildman–Crippen MR) is 138 cm³/mol. The number of nitrogens with one attached hydrogen (secondary N) is 2. The van der Waals surface area contributed by atoms with Crippen LogP contribution in [0.2, 0.25) is 5.02 Å². The first-order chi connectivity index (χ1) is 17.0. The second kappa shape index (κ2) is 10.2. The molecule has 2 aromatic rings. The van der Waals surface area contributed by atoms with Crippen molar-refractivity contribution in [3.8, 4) is 0 Å². The van der Waals surface area contributed by atoms with Gasteiger partial charge in [-0.05, 0) is 61.2 Å². The van der Waals surface area contributed by atoms with Gasteiger partial charge in [0.05, 0.1) is 17.9 Å². The molecule has 0 aliphatic carbocycles. The molecule has 1 fully saturated rings. The molecule has 0 saturated carbocycles. The summed E-state index contributed by atoms with van der Waals surface area (Å²) in [6.45, 7) is 2.74. The normalized spacial score (nSPS) is 19.9. The minimum absolute atomic E-state index is 0.00650. The largest absolute Gasteiger partial charge is 0.381 e. The fraction of sp³-hybridized carbons (Fsp3) is 0.385. The van der Waals surface area contributed by atoms with Crippen molar-refractivity contribution in [1.29, 1.82) is 0 Å². The summed E-state index contributed by atoms with van der Waals surface area (Å²) in [6, 6.07) is 12.8. The average molecular weight is 494 g/mol. The van der Waals surface area contributed by atoms with Crippen LogP contribution in [-0.4, -0.2) is 61.7 Å². The lowest BCUT2D eigenvalue weighted by atomic mass is 9.93. The SMILES string of the molecule is CN(CC1CCOCC1)C(=O)c1ccc(NC2=NCC3CC(=O)Nc4cc(Cl)ccc4C3=N2)cc1. The summed E-state index contributed by atoms with van der Waals surface area (Å²) in [7, 11) is 1.85. The molecule has 1 atom stereocenters. The van der Waals surface area contributed by atoms with Crippen molar-refractivity contribution in [3.05, 3.63) is 58.6 Å². The zero-order valence-electron chi connectivity index (χ0n) is 19.6. The molecule has 3 aliphatic rings. The maximum atomic E-state index is 12.9. The average Bonchev–Trinajstić information content (AvgIpc) is 2.99. The number of ether oxygens (including phenoxy) is 1. The highest BCUT2D eigenvalue weighted by molar-refractivity contribution is 6.31. The van der Waals surface area contributed by atoms with Crippen LogP contribution in [0.15, 0.2) is 52.4 Å². The van der Waals surface area contributed by atoms with Crippen molar-refractivity contribution in [2.45, 2.75) is 19.3 Å². The number of aliphatic imine (C=N–C) groups is 2. The number of benzene rings is 2. The Morgan fingerprint density at radius 3 is 2.74 bits per heavy atom. The topological polar surface area (TPSA) is 95.4 Å². The molecule has 0 radical (unpaired) electrons. The lowest BCUT2D eigenvalue weighted by Crippen LogP contribution is -2.34. The van der Waals surface area contributed by atoms with Gasteiger partial charge in [-0.3, -0.25) is 14.6 Å². The Kier molecular flexibility index (Phi) is 6.83. The molecule has 0 bridgehead atoms. The molecule has 182 valence electrons. The molecule has 5 rings (SSSR count). The fourth-order valence-electron chi connectivity index (χ4n) is 4.75. The van der Waals surface area contributed by atoms with Gasteiger partial charge in [-0.1, -0.05) is 11.6 Å². The highest BCUT2D eigenvalue weighted by Crippen LogP contribution is 2.30. The number of guanidine groups is 1. The fourth-order valence-corrected chi connectivity index (χ4v) is 4.92. The van der Waals surface area contributed by atoms with Gasteiger partial charge in [0.1, 0.15) is 0 Å². The van der Waals surface area contributed by atoms with Gasteiger partial charge in [0, 0.05) is 61.0 Å². The number of hydrogen-bond acceptors (Lipinski definition) is 6. The van der Waals surface area contributed by atoms with Crippen LogP contribution in [0, 0.1) is 11.8 Å². The second-order valence-electron chi connectivity index (χ2n) is 9.24. The van der Waals surface area contributed by atoms with Gasteiger partial charge in [0.15, 0.2) is 0 Å². The van der Waals surface area contributed by atoms with Crippen LogP contribution in [0.3, 0.4) is 0 Å². The minimum atomic E-state index is -0.0887. The zero-order valence-corrected chi connectivity index (χ0v) is 20.3. The molecule has 0 spiro atoms. The highest BCUT2D eigenvalue weighted by Gasteiger charge is 2.30. The maximum absolute atomic E-state index is 12.9. The van der Waals surface area contributed by atoms with E-state index < -0.39 is 0 Å². The first-order valence-electron chi connectivity index (χ1n) is 11.9. The van der Waals surface area contributed by atoms with Crippen LogP contribution >= 0.6 is 11.6 Å². The van der Waals surface area contributed by atoms with Crippen molar-refractivity contribution in [2.24, 2.45) is 21.8 Å². The Hall–Kier alpha value is -3.23. The Labute approximate surface area is 209 Å². The first-order valence-corrected chi connectivity index (χ1v) is 12.3. The first kappa shape index (κ1) is 23.5. The van der Waals surface area contributed by atoms with Crippen LogP contribution in [0.1, 0.15) is 35.2 Å². The van der Waals surface area contributed by atoms with E-state index in [1.165, 1.54) is 0 Å². The van der Waals surface area contributed by atoms with Crippen LogP contribution in [0.5, 0.6) is 0 Å². The van der Waals surface area contributed by atoms with Gasteiger partial charge in [-0.2, -0.15) is 0 Å². The molecule has 1 saturated heterocycles. The van der Waals surface area contributed by atoms with Crippen LogP contribution in [-0.2, 0) is 9.53 Å². The molecule has 2 aromatic carbocycles. The van der Waals surface area contributed by atoms with Crippen LogP contribution in [0.25, 0.3) is 0 Å². The van der Waals surface area contributed by atoms with Gasteiger partial charge < -0.3 is 20.3 Å². The van der Waals surface area contributed by atoms with E-state index in [-0.39, 0.29) is 17.7 Å². The third-order valence-electron chi connectivity index (χ3n) is 6.65. The van der Waals surface area contributed by atoms with Crippen molar-refractivity contribution < 1.29 is 14.3 Å². The number of carbonyl (C=O) groups excluding carboxylic acids is 2. The molecular weight excluding hydrogens is 466 g/mol. The highest BCUT2D eigenvalue weighted by atomic mass is 35.5. The van der Waals surface area contributed by atoms with Crippen molar-refractivity contribution in [2.75, 3.05) is 44.0 Å². The molecule has 3 aliphatic heterocycles. The number of amides is 2. The summed E-state index contributed by atoms with van der Waals surface area (Å²) in [5.74, 6) is 0.808. The van der Waals surface area contributed by atoms with E-state index in [1.54, 1.807) is 17.0 Å². The second-order valence-corrected chi connectivity index (χ2v) is 9.68. The molecular formula is C26H28ClN5O3. The van der Waals surface area contributed by atoms with E-state index in [2.05, 4.69) is 15.6 Å². The van der Waals surface area contributed by atoms with Gasteiger partial charge in [0.25, 0.3) is 5.91 Å².